The van der Waals surface area contributed by atoms with Crippen molar-refractivity contribution in [1.29, 1.82) is 0 Å². The average molecular weight is 398 g/mol. The summed E-state index contributed by atoms with van der Waals surface area (Å²) in [6.45, 7) is 4.79. The molecule has 0 aromatic carbocycles. The Morgan fingerprint density at radius 2 is 2.00 bits per heavy atom. The third-order valence-electron chi connectivity index (χ3n) is 9.21. The van der Waals surface area contributed by atoms with Crippen LogP contribution in [0, 0.1) is 28.6 Å². The van der Waals surface area contributed by atoms with Crippen molar-refractivity contribution in [1.82, 2.24) is 9.88 Å². The van der Waals surface area contributed by atoms with Gasteiger partial charge in [0.05, 0.1) is 6.20 Å². The zero-order valence-electron chi connectivity index (χ0n) is 17.6. The SMILES string of the molecule is CN1C(=O)C=C[C@@]2(C)C1CC[C@@H]1[C@H]2CC[C@]2(C)C(c3cnc(C(N)=O)o3)CC[C@@H]12. The van der Waals surface area contributed by atoms with Crippen LogP contribution in [-0.2, 0) is 4.79 Å². The van der Waals surface area contributed by atoms with E-state index in [9.17, 15) is 9.59 Å². The third kappa shape index (κ3) is 2.50. The maximum Gasteiger partial charge on any atom is 0.304 e. The monoisotopic (exact) mass is 397 g/mol. The molecule has 2 N–H and O–H groups in total. The van der Waals surface area contributed by atoms with E-state index in [4.69, 9.17) is 10.2 Å². The molecule has 0 spiro atoms. The fourth-order valence-corrected chi connectivity index (χ4v) is 7.77. The lowest BCUT2D eigenvalue weighted by molar-refractivity contribution is -0.138. The first-order chi connectivity index (χ1) is 13.8. The molecule has 5 rings (SSSR count). The molecule has 2 amide bonds. The van der Waals surface area contributed by atoms with Crippen LogP contribution in [-0.4, -0.2) is 34.8 Å². The lowest BCUT2D eigenvalue weighted by atomic mass is 9.47. The zero-order valence-corrected chi connectivity index (χ0v) is 17.6. The molecule has 0 saturated heterocycles. The fourth-order valence-electron chi connectivity index (χ4n) is 7.77. The molecular formula is C23H31N3O3. The molecule has 0 bridgehead atoms. The van der Waals surface area contributed by atoms with E-state index in [1.54, 1.807) is 12.3 Å². The van der Waals surface area contributed by atoms with E-state index >= 15 is 0 Å². The van der Waals surface area contributed by atoms with Gasteiger partial charge in [-0.2, -0.15) is 0 Å². The van der Waals surface area contributed by atoms with Gasteiger partial charge in [0, 0.05) is 24.4 Å². The Hall–Kier alpha value is -2.11. The average Bonchev–Trinajstić information content (AvgIpc) is 3.29. The van der Waals surface area contributed by atoms with Crippen molar-refractivity contribution in [3.8, 4) is 0 Å². The first-order valence-corrected chi connectivity index (χ1v) is 11.0. The van der Waals surface area contributed by atoms with E-state index in [-0.39, 0.29) is 22.6 Å². The number of carbonyl (C=O) groups is 2. The second-order valence-corrected chi connectivity index (χ2v) is 10.2. The first kappa shape index (κ1) is 18.9. The molecule has 29 heavy (non-hydrogen) atoms. The second-order valence-electron chi connectivity index (χ2n) is 10.2. The minimum atomic E-state index is -0.603. The summed E-state index contributed by atoms with van der Waals surface area (Å²) in [7, 11) is 1.97. The van der Waals surface area contributed by atoms with Gasteiger partial charge < -0.3 is 15.1 Å². The number of nitrogens with two attached hydrogens (primary N) is 1. The number of aromatic nitrogens is 1. The van der Waals surface area contributed by atoms with Crippen molar-refractivity contribution in [2.24, 2.45) is 34.3 Å². The molecule has 156 valence electrons. The van der Waals surface area contributed by atoms with Crippen molar-refractivity contribution in [2.45, 2.75) is 64.3 Å². The summed E-state index contributed by atoms with van der Waals surface area (Å²) in [5.41, 5.74) is 5.58. The minimum absolute atomic E-state index is 0.0220. The molecule has 2 unspecified atom stereocenters. The summed E-state index contributed by atoms with van der Waals surface area (Å²) in [4.78, 5) is 29.7. The van der Waals surface area contributed by atoms with Gasteiger partial charge in [-0.25, -0.2) is 4.98 Å². The van der Waals surface area contributed by atoms with Crippen LogP contribution in [0.4, 0.5) is 0 Å². The Kier molecular flexibility index (Phi) is 4.03. The Morgan fingerprint density at radius 1 is 1.21 bits per heavy atom. The van der Waals surface area contributed by atoms with Crippen LogP contribution in [0.2, 0.25) is 0 Å². The number of fused-ring (bicyclic) bond motifs is 5. The van der Waals surface area contributed by atoms with Crippen LogP contribution in [0.25, 0.3) is 0 Å². The summed E-state index contributed by atoms with van der Waals surface area (Å²) in [5, 5.41) is 0. The van der Waals surface area contributed by atoms with Crippen LogP contribution in [0.3, 0.4) is 0 Å². The van der Waals surface area contributed by atoms with Gasteiger partial charge in [-0.1, -0.05) is 19.9 Å². The van der Waals surface area contributed by atoms with Crippen LogP contribution in [0.5, 0.6) is 0 Å². The third-order valence-corrected chi connectivity index (χ3v) is 9.21. The van der Waals surface area contributed by atoms with Crippen molar-refractivity contribution in [3.63, 3.8) is 0 Å². The van der Waals surface area contributed by atoms with Gasteiger partial charge in [0.25, 0.3) is 5.89 Å². The number of rotatable bonds is 2. The van der Waals surface area contributed by atoms with E-state index in [0.717, 1.165) is 25.0 Å². The van der Waals surface area contributed by atoms with E-state index in [0.29, 0.717) is 29.7 Å². The highest BCUT2D eigenvalue weighted by atomic mass is 16.4. The molecule has 3 aliphatic carbocycles. The van der Waals surface area contributed by atoms with Gasteiger partial charge in [-0.05, 0) is 67.8 Å². The Balaban J connectivity index is 1.45. The molecule has 3 fully saturated rings. The molecule has 4 aliphatic rings. The summed E-state index contributed by atoms with van der Waals surface area (Å²) >= 11 is 0. The van der Waals surface area contributed by atoms with E-state index in [2.05, 4.69) is 24.9 Å². The highest BCUT2D eigenvalue weighted by Crippen LogP contribution is 2.67. The molecule has 7 atom stereocenters. The summed E-state index contributed by atoms with van der Waals surface area (Å²) in [5.74, 6) is 2.61. The second kappa shape index (κ2) is 6.19. The van der Waals surface area contributed by atoms with Crippen LogP contribution in [0.15, 0.2) is 22.8 Å². The number of hydrogen-bond donors (Lipinski definition) is 1. The number of primary amides is 1. The van der Waals surface area contributed by atoms with Gasteiger partial charge in [-0.15, -0.1) is 0 Å². The number of likely N-dealkylation sites (N-methyl/N-ethyl adjacent to an activating group) is 1. The smallest absolute Gasteiger partial charge is 0.304 e. The predicted molar refractivity (Wildman–Crippen MR) is 108 cm³/mol. The maximum absolute atomic E-state index is 12.2. The number of hydrogen-bond acceptors (Lipinski definition) is 4. The van der Waals surface area contributed by atoms with Crippen LogP contribution < -0.4 is 5.73 Å². The lowest BCUT2D eigenvalue weighted by Crippen LogP contribution is -2.59. The maximum atomic E-state index is 12.2. The Bertz CT molecular complexity index is 892. The first-order valence-electron chi connectivity index (χ1n) is 11.0. The molecule has 6 nitrogen and oxygen atoms in total. The number of nitrogens with zero attached hydrogens (tertiary/aromatic N) is 2. The molecule has 1 aliphatic heterocycles. The normalized spacial score (nSPS) is 43.6. The summed E-state index contributed by atoms with van der Waals surface area (Å²) in [6, 6.07) is 0.315. The van der Waals surface area contributed by atoms with Crippen molar-refractivity contribution >= 4 is 11.8 Å². The fraction of sp³-hybridized carbons (Fsp3) is 0.696. The molecular weight excluding hydrogens is 366 g/mol. The zero-order chi connectivity index (χ0) is 20.6. The summed E-state index contributed by atoms with van der Waals surface area (Å²) in [6.07, 6.45) is 12.6. The molecule has 0 radical (unpaired) electrons. The Labute approximate surface area is 171 Å². The number of amides is 2. The van der Waals surface area contributed by atoms with Crippen molar-refractivity contribution in [3.05, 3.63) is 30.0 Å². The van der Waals surface area contributed by atoms with Gasteiger partial charge in [0.15, 0.2) is 0 Å². The standard InChI is InChI=1S/C23H31N3O3/c1-22-10-8-15-13(4-7-18-23(15,2)11-9-19(27)26(18)3)14(22)5-6-16(22)17-12-25-21(29-17)20(24)28/h9,11-16,18H,4-8,10H2,1-3H3,(H2,24,28)/t13-,14-,15+,16?,18?,22-,23+/m0/s1. The predicted octanol–water partition coefficient (Wildman–Crippen LogP) is 3.50. The van der Waals surface area contributed by atoms with Crippen molar-refractivity contribution in [2.75, 3.05) is 7.05 Å². The molecule has 3 saturated carbocycles. The van der Waals surface area contributed by atoms with Gasteiger partial charge in [0.1, 0.15) is 5.76 Å². The summed E-state index contributed by atoms with van der Waals surface area (Å²) < 4.78 is 5.77. The lowest BCUT2D eigenvalue weighted by Gasteiger charge is -2.60. The van der Waals surface area contributed by atoms with Gasteiger partial charge in [-0.3, -0.25) is 9.59 Å². The number of carbonyl (C=O) groups excluding carboxylic acids is 2. The molecule has 2 heterocycles. The van der Waals surface area contributed by atoms with Gasteiger partial charge in [0.2, 0.25) is 5.91 Å². The van der Waals surface area contributed by atoms with Gasteiger partial charge >= 0.3 is 5.91 Å². The van der Waals surface area contributed by atoms with E-state index in [1.165, 1.54) is 19.3 Å². The topological polar surface area (TPSA) is 89.4 Å². The van der Waals surface area contributed by atoms with Crippen LogP contribution >= 0.6 is 0 Å². The van der Waals surface area contributed by atoms with Crippen LogP contribution in [0.1, 0.15) is 74.7 Å². The molecule has 1 aromatic rings. The highest BCUT2D eigenvalue weighted by molar-refractivity contribution is 5.89. The minimum Gasteiger partial charge on any atom is -0.437 e. The molecule has 1 aromatic heterocycles. The van der Waals surface area contributed by atoms with E-state index in [1.807, 2.05) is 11.9 Å². The largest absolute Gasteiger partial charge is 0.437 e. The molecule has 6 heteroatoms. The Morgan fingerprint density at radius 3 is 2.72 bits per heavy atom. The highest BCUT2D eigenvalue weighted by Gasteiger charge is 2.61. The quantitative estimate of drug-likeness (QED) is 0.827. The van der Waals surface area contributed by atoms with E-state index < -0.39 is 5.91 Å². The van der Waals surface area contributed by atoms with Crippen molar-refractivity contribution < 1.29 is 14.0 Å². The number of oxazole rings is 1.